The normalized spacial score (nSPS) is 11.9. The molecule has 1 unspecified atom stereocenters. The van der Waals surface area contributed by atoms with Gasteiger partial charge in [-0.05, 0) is 26.1 Å². The Hall–Kier alpha value is -0.820. The first-order valence-electron chi connectivity index (χ1n) is 5.47. The molecule has 0 saturated carbocycles. The average Bonchev–Trinajstić information content (AvgIpc) is 2.23. The van der Waals surface area contributed by atoms with E-state index in [1.165, 1.54) is 5.56 Å². The summed E-state index contributed by atoms with van der Waals surface area (Å²) >= 11 is 0. The first-order valence-corrected chi connectivity index (χ1v) is 5.47. The highest BCUT2D eigenvalue weighted by Crippen LogP contribution is 2.20. The van der Waals surface area contributed by atoms with Gasteiger partial charge in [0.15, 0.2) is 0 Å². The second-order valence-electron chi connectivity index (χ2n) is 3.30. The zero-order valence-corrected chi connectivity index (χ0v) is 10.1. The van der Waals surface area contributed by atoms with Crippen LogP contribution in [0.25, 0.3) is 0 Å². The monoisotopic (exact) mass is 193 g/mol. The van der Waals surface area contributed by atoms with E-state index in [4.69, 9.17) is 0 Å². The van der Waals surface area contributed by atoms with E-state index in [9.17, 15) is 0 Å². The predicted octanol–water partition coefficient (Wildman–Crippen LogP) is 3.73. The smallest absolute Gasteiger partial charge is 0.0339 e. The fourth-order valence-electron chi connectivity index (χ4n) is 1.57. The third-order valence-corrected chi connectivity index (χ3v) is 2.19. The van der Waals surface area contributed by atoms with Gasteiger partial charge in [-0.3, -0.25) is 0 Å². The second kappa shape index (κ2) is 7.57. The van der Waals surface area contributed by atoms with E-state index >= 15 is 0 Å². The van der Waals surface area contributed by atoms with Crippen LogP contribution in [0.5, 0.6) is 0 Å². The summed E-state index contributed by atoms with van der Waals surface area (Å²) in [7, 11) is 4.25. The molecule has 0 aromatic heterocycles. The molecule has 0 spiro atoms. The van der Waals surface area contributed by atoms with Crippen molar-refractivity contribution in [3.05, 3.63) is 35.9 Å². The van der Waals surface area contributed by atoms with Crippen LogP contribution in [0.15, 0.2) is 30.3 Å². The predicted molar refractivity (Wildman–Crippen MR) is 64.5 cm³/mol. The minimum atomic E-state index is 0.561. The molecule has 1 aromatic rings. The van der Waals surface area contributed by atoms with Gasteiger partial charge in [-0.15, -0.1) is 0 Å². The lowest BCUT2D eigenvalue weighted by molar-refractivity contribution is 0.292. The molecule has 0 radical (unpaired) electrons. The molecule has 0 heterocycles. The summed E-state index contributed by atoms with van der Waals surface area (Å²) in [6.07, 6.45) is 1.16. The molecular formula is C13H23N. The van der Waals surface area contributed by atoms with Crippen molar-refractivity contribution in [2.24, 2.45) is 0 Å². The van der Waals surface area contributed by atoms with Crippen molar-refractivity contribution in [3.8, 4) is 0 Å². The summed E-state index contributed by atoms with van der Waals surface area (Å²) < 4.78 is 0. The average molecular weight is 193 g/mol. The molecule has 1 aromatic carbocycles. The van der Waals surface area contributed by atoms with E-state index in [0.29, 0.717) is 6.04 Å². The number of nitrogens with zero attached hydrogens (tertiary/aromatic N) is 1. The van der Waals surface area contributed by atoms with Crippen LogP contribution in [0, 0.1) is 0 Å². The van der Waals surface area contributed by atoms with Crippen LogP contribution in [0.4, 0.5) is 0 Å². The fourth-order valence-corrected chi connectivity index (χ4v) is 1.57. The summed E-state index contributed by atoms with van der Waals surface area (Å²) in [5.74, 6) is 0. The second-order valence-corrected chi connectivity index (χ2v) is 3.30. The quantitative estimate of drug-likeness (QED) is 0.707. The lowest BCUT2D eigenvalue weighted by atomic mass is 10.0. The molecule has 0 amide bonds. The summed E-state index contributed by atoms with van der Waals surface area (Å²) in [6, 6.07) is 11.2. The molecule has 14 heavy (non-hydrogen) atoms. The van der Waals surface area contributed by atoms with Gasteiger partial charge in [0, 0.05) is 6.04 Å². The molecule has 0 aliphatic carbocycles. The Morgan fingerprint density at radius 2 is 1.57 bits per heavy atom. The fraction of sp³-hybridized carbons (Fsp3) is 0.538. The topological polar surface area (TPSA) is 3.24 Å². The van der Waals surface area contributed by atoms with E-state index in [-0.39, 0.29) is 0 Å². The molecule has 0 aliphatic heterocycles. The molecule has 1 atom stereocenters. The van der Waals surface area contributed by atoms with Gasteiger partial charge in [-0.25, -0.2) is 0 Å². The van der Waals surface area contributed by atoms with Gasteiger partial charge in [0.1, 0.15) is 0 Å². The van der Waals surface area contributed by atoms with Gasteiger partial charge >= 0.3 is 0 Å². The molecule has 0 fully saturated rings. The van der Waals surface area contributed by atoms with Gasteiger partial charge in [-0.2, -0.15) is 0 Å². The number of benzene rings is 1. The molecule has 0 bridgehead atoms. The Labute approximate surface area is 88.8 Å². The molecule has 0 aliphatic rings. The molecule has 80 valence electrons. The molecule has 1 heteroatoms. The van der Waals surface area contributed by atoms with Crippen molar-refractivity contribution in [1.29, 1.82) is 0 Å². The summed E-state index contributed by atoms with van der Waals surface area (Å²) in [5.41, 5.74) is 1.41. The van der Waals surface area contributed by atoms with Crippen molar-refractivity contribution in [3.63, 3.8) is 0 Å². The number of rotatable bonds is 3. The lowest BCUT2D eigenvalue weighted by Gasteiger charge is -2.22. The van der Waals surface area contributed by atoms with Crippen molar-refractivity contribution in [2.75, 3.05) is 14.1 Å². The molecule has 0 N–H and O–H groups in total. The van der Waals surface area contributed by atoms with Gasteiger partial charge < -0.3 is 4.90 Å². The Bertz CT molecular complexity index is 216. The maximum absolute atomic E-state index is 2.26. The maximum atomic E-state index is 2.26. The minimum absolute atomic E-state index is 0.561. The summed E-state index contributed by atoms with van der Waals surface area (Å²) in [6.45, 7) is 6.22. The van der Waals surface area contributed by atoms with Crippen LogP contribution in [-0.4, -0.2) is 19.0 Å². The van der Waals surface area contributed by atoms with Crippen molar-refractivity contribution >= 4 is 0 Å². The van der Waals surface area contributed by atoms with Gasteiger partial charge in [-0.1, -0.05) is 51.1 Å². The largest absolute Gasteiger partial charge is 0.302 e. The van der Waals surface area contributed by atoms with E-state index in [1.807, 2.05) is 13.8 Å². The molecule has 1 nitrogen and oxygen atoms in total. The van der Waals surface area contributed by atoms with Gasteiger partial charge in [0.25, 0.3) is 0 Å². The first kappa shape index (κ1) is 13.2. The zero-order chi connectivity index (χ0) is 11.0. The highest BCUT2D eigenvalue weighted by Gasteiger charge is 2.09. The van der Waals surface area contributed by atoms with Crippen LogP contribution >= 0.6 is 0 Å². The van der Waals surface area contributed by atoms with Gasteiger partial charge in [0.2, 0.25) is 0 Å². The van der Waals surface area contributed by atoms with E-state index in [2.05, 4.69) is 56.3 Å². The maximum Gasteiger partial charge on any atom is 0.0339 e. The van der Waals surface area contributed by atoms with Crippen LogP contribution in [-0.2, 0) is 0 Å². The highest BCUT2D eigenvalue weighted by molar-refractivity contribution is 5.18. The van der Waals surface area contributed by atoms with Crippen LogP contribution in [0.2, 0.25) is 0 Å². The highest BCUT2D eigenvalue weighted by atomic mass is 15.1. The summed E-state index contributed by atoms with van der Waals surface area (Å²) in [5, 5.41) is 0. The van der Waals surface area contributed by atoms with E-state index in [0.717, 1.165) is 6.42 Å². The van der Waals surface area contributed by atoms with Gasteiger partial charge in [0.05, 0.1) is 0 Å². The van der Waals surface area contributed by atoms with Crippen LogP contribution in [0.3, 0.4) is 0 Å². The first-order chi connectivity index (χ1) is 6.75. The van der Waals surface area contributed by atoms with Crippen molar-refractivity contribution in [1.82, 2.24) is 4.90 Å². The lowest BCUT2D eigenvalue weighted by Crippen LogP contribution is -2.18. The number of hydrogen-bond donors (Lipinski definition) is 0. The van der Waals surface area contributed by atoms with Crippen molar-refractivity contribution in [2.45, 2.75) is 33.2 Å². The Morgan fingerprint density at radius 1 is 1.07 bits per heavy atom. The third kappa shape index (κ3) is 3.93. The Balaban J connectivity index is 0.000000791. The SMILES string of the molecule is CC.CCC(c1ccccc1)N(C)C. The molecule has 1 rings (SSSR count). The van der Waals surface area contributed by atoms with E-state index in [1.54, 1.807) is 0 Å². The minimum Gasteiger partial charge on any atom is -0.302 e. The van der Waals surface area contributed by atoms with Crippen molar-refractivity contribution < 1.29 is 0 Å². The van der Waals surface area contributed by atoms with E-state index < -0.39 is 0 Å². The standard InChI is InChI=1S/C11H17N.C2H6/c1-4-11(12(2)3)10-8-6-5-7-9-10;1-2/h5-9,11H,4H2,1-3H3;1-2H3. The summed E-state index contributed by atoms with van der Waals surface area (Å²) in [4.78, 5) is 2.26. The third-order valence-electron chi connectivity index (χ3n) is 2.19. The Kier molecular flexibility index (Phi) is 7.13. The molecular weight excluding hydrogens is 170 g/mol. The Morgan fingerprint density at radius 3 is 1.93 bits per heavy atom. The number of hydrogen-bond acceptors (Lipinski definition) is 1. The van der Waals surface area contributed by atoms with Crippen LogP contribution < -0.4 is 0 Å². The van der Waals surface area contributed by atoms with Crippen LogP contribution in [0.1, 0.15) is 38.8 Å². The zero-order valence-electron chi connectivity index (χ0n) is 10.1. The molecule has 0 saturated heterocycles.